The van der Waals surface area contributed by atoms with E-state index < -0.39 is 0 Å². The number of benzene rings is 2. The zero-order valence-electron chi connectivity index (χ0n) is 15.4. The largest absolute Gasteiger partial charge is 0.494 e. The van der Waals surface area contributed by atoms with Crippen molar-refractivity contribution in [3.05, 3.63) is 89.3 Å². The third kappa shape index (κ3) is 3.94. The van der Waals surface area contributed by atoms with Crippen LogP contribution in [-0.2, 0) is 13.1 Å². The van der Waals surface area contributed by atoms with Crippen molar-refractivity contribution < 1.29 is 4.74 Å². The van der Waals surface area contributed by atoms with Crippen molar-refractivity contribution in [2.24, 2.45) is 0 Å². The monoisotopic (exact) mass is 392 g/mol. The topological polar surface area (TPSA) is 55.8 Å². The van der Waals surface area contributed by atoms with Crippen LogP contribution in [0.25, 0.3) is 11.0 Å². The number of pyridine rings is 1. The molecule has 1 N–H and O–H groups in total. The van der Waals surface area contributed by atoms with Gasteiger partial charge in [-0.3, -0.25) is 5.41 Å². The highest BCUT2D eigenvalue weighted by Gasteiger charge is 2.11. The summed E-state index contributed by atoms with van der Waals surface area (Å²) in [5.74, 6) is 0.872. The van der Waals surface area contributed by atoms with Crippen LogP contribution < -0.4 is 10.4 Å². The molecule has 0 aliphatic carbocycles. The number of nitrogens with zero attached hydrogens (tertiary/aromatic N) is 3. The maximum Gasteiger partial charge on any atom is 0.203 e. The average molecular weight is 393 g/mol. The molecule has 2 aromatic heterocycles. The average Bonchev–Trinajstić information content (AvgIpc) is 2.99. The molecular weight excluding hydrogens is 372 g/mol. The van der Waals surface area contributed by atoms with E-state index in [1.807, 2.05) is 63.7 Å². The fraction of sp³-hybridized carbons (Fsp3) is 0.182. The smallest absolute Gasteiger partial charge is 0.203 e. The molecule has 0 radical (unpaired) electrons. The van der Waals surface area contributed by atoms with Crippen LogP contribution in [0.3, 0.4) is 0 Å². The van der Waals surface area contributed by atoms with Crippen molar-refractivity contribution in [3.8, 4) is 5.75 Å². The van der Waals surface area contributed by atoms with E-state index in [2.05, 4.69) is 11.1 Å². The summed E-state index contributed by atoms with van der Waals surface area (Å²) in [5.41, 5.74) is 3.56. The molecule has 0 bridgehead atoms. The Hall–Kier alpha value is -3.05. The highest BCUT2D eigenvalue weighted by molar-refractivity contribution is 6.29. The molecule has 0 amide bonds. The molecule has 0 atom stereocenters. The normalized spacial score (nSPS) is 11.0. The van der Waals surface area contributed by atoms with E-state index in [9.17, 15) is 0 Å². The quantitative estimate of drug-likeness (QED) is 0.372. The third-order valence-electron chi connectivity index (χ3n) is 4.64. The minimum absolute atomic E-state index is 0.468. The number of fused-ring (bicyclic) bond motifs is 1. The molecule has 0 spiro atoms. The number of ether oxygens (including phenoxy) is 1. The lowest BCUT2D eigenvalue weighted by atomic mass is 10.2. The summed E-state index contributed by atoms with van der Waals surface area (Å²) < 4.78 is 9.82. The molecule has 28 heavy (non-hydrogen) atoms. The Morgan fingerprint density at radius 1 is 0.893 bits per heavy atom. The van der Waals surface area contributed by atoms with Gasteiger partial charge in [-0.2, -0.15) is 0 Å². The second-order valence-electron chi connectivity index (χ2n) is 6.55. The van der Waals surface area contributed by atoms with E-state index >= 15 is 0 Å². The summed E-state index contributed by atoms with van der Waals surface area (Å²) in [4.78, 5) is 4.15. The van der Waals surface area contributed by atoms with Crippen molar-refractivity contribution in [2.75, 3.05) is 6.61 Å². The van der Waals surface area contributed by atoms with Crippen LogP contribution in [0, 0.1) is 5.41 Å². The standard InChI is InChI=1S/C22H21ClN4O/c23-21-12-11-17(15-25-21)16-27-20-10-5-4-9-19(20)26(22(27)24)13-6-14-28-18-7-2-1-3-8-18/h1-5,7-12,15,24H,6,13-14,16H2. The maximum atomic E-state index is 8.70. The summed E-state index contributed by atoms with van der Waals surface area (Å²) in [6, 6.07) is 21.6. The second kappa shape index (κ2) is 8.31. The summed E-state index contributed by atoms with van der Waals surface area (Å²) >= 11 is 5.89. The van der Waals surface area contributed by atoms with Crippen molar-refractivity contribution in [1.82, 2.24) is 14.1 Å². The molecule has 5 nitrogen and oxygen atoms in total. The van der Waals surface area contributed by atoms with Crippen LogP contribution >= 0.6 is 11.6 Å². The van der Waals surface area contributed by atoms with Crippen LogP contribution in [0.4, 0.5) is 0 Å². The maximum absolute atomic E-state index is 8.70. The summed E-state index contributed by atoms with van der Waals surface area (Å²) in [6.07, 6.45) is 2.58. The molecule has 0 saturated carbocycles. The van der Waals surface area contributed by atoms with Crippen molar-refractivity contribution >= 4 is 22.6 Å². The lowest BCUT2D eigenvalue weighted by Crippen LogP contribution is -2.25. The van der Waals surface area contributed by atoms with Crippen LogP contribution in [0.1, 0.15) is 12.0 Å². The molecule has 0 aliphatic heterocycles. The van der Waals surface area contributed by atoms with E-state index in [1.54, 1.807) is 12.3 Å². The number of hydrogen-bond acceptors (Lipinski definition) is 3. The number of para-hydroxylation sites is 3. The third-order valence-corrected chi connectivity index (χ3v) is 4.87. The van der Waals surface area contributed by atoms with E-state index in [4.69, 9.17) is 21.7 Å². The molecule has 4 rings (SSSR count). The first kappa shape index (κ1) is 18.3. The Bertz CT molecular complexity index is 1120. The number of hydrogen-bond donors (Lipinski definition) is 1. The van der Waals surface area contributed by atoms with Gasteiger partial charge in [-0.1, -0.05) is 48.0 Å². The molecular formula is C22H21ClN4O. The molecule has 0 saturated heterocycles. The van der Waals surface area contributed by atoms with E-state index in [1.165, 1.54) is 0 Å². The fourth-order valence-corrected chi connectivity index (χ4v) is 3.40. The zero-order valence-corrected chi connectivity index (χ0v) is 16.1. The molecule has 2 aromatic carbocycles. The minimum Gasteiger partial charge on any atom is -0.494 e. The predicted octanol–water partition coefficient (Wildman–Crippen LogP) is 4.49. The number of rotatable bonds is 7. The number of nitrogens with one attached hydrogen (secondary N) is 1. The first-order valence-electron chi connectivity index (χ1n) is 9.23. The van der Waals surface area contributed by atoms with Gasteiger partial charge in [0.2, 0.25) is 5.62 Å². The van der Waals surface area contributed by atoms with Gasteiger partial charge in [0.1, 0.15) is 10.9 Å². The minimum atomic E-state index is 0.468. The summed E-state index contributed by atoms with van der Waals surface area (Å²) in [6.45, 7) is 1.91. The zero-order chi connectivity index (χ0) is 19.3. The first-order chi connectivity index (χ1) is 13.7. The Morgan fingerprint density at radius 2 is 1.61 bits per heavy atom. The van der Waals surface area contributed by atoms with Crippen molar-refractivity contribution in [3.63, 3.8) is 0 Å². The van der Waals surface area contributed by atoms with Crippen LogP contribution in [0.2, 0.25) is 5.15 Å². The molecule has 2 heterocycles. The molecule has 6 heteroatoms. The van der Waals surface area contributed by atoms with Gasteiger partial charge in [-0.25, -0.2) is 4.98 Å². The van der Waals surface area contributed by atoms with Gasteiger partial charge >= 0.3 is 0 Å². The number of aryl methyl sites for hydroxylation is 1. The highest BCUT2D eigenvalue weighted by atomic mass is 35.5. The highest BCUT2D eigenvalue weighted by Crippen LogP contribution is 2.16. The predicted molar refractivity (Wildman–Crippen MR) is 111 cm³/mol. The molecule has 142 valence electrons. The SMILES string of the molecule is N=c1n(CCCOc2ccccc2)c2ccccc2n1Cc1ccc(Cl)nc1. The lowest BCUT2D eigenvalue weighted by molar-refractivity contribution is 0.301. The van der Waals surface area contributed by atoms with Crippen molar-refractivity contribution in [2.45, 2.75) is 19.5 Å². The van der Waals surface area contributed by atoms with Crippen LogP contribution in [-0.4, -0.2) is 20.7 Å². The van der Waals surface area contributed by atoms with Gasteiger partial charge in [0.05, 0.1) is 24.2 Å². The summed E-state index contributed by atoms with van der Waals surface area (Å²) in [7, 11) is 0. The molecule has 0 aliphatic rings. The fourth-order valence-electron chi connectivity index (χ4n) is 3.29. The van der Waals surface area contributed by atoms with Gasteiger partial charge in [0.25, 0.3) is 0 Å². The van der Waals surface area contributed by atoms with E-state index in [0.29, 0.717) is 23.9 Å². The Morgan fingerprint density at radius 3 is 2.32 bits per heavy atom. The van der Waals surface area contributed by atoms with Gasteiger partial charge in [0, 0.05) is 12.7 Å². The molecule has 4 aromatic rings. The number of halogens is 1. The van der Waals surface area contributed by atoms with Gasteiger partial charge in [-0.05, 0) is 42.3 Å². The first-order valence-corrected chi connectivity index (χ1v) is 9.61. The molecule has 0 unspecified atom stereocenters. The van der Waals surface area contributed by atoms with Crippen LogP contribution in [0.5, 0.6) is 5.75 Å². The Balaban J connectivity index is 1.54. The van der Waals surface area contributed by atoms with Gasteiger partial charge in [-0.15, -0.1) is 0 Å². The van der Waals surface area contributed by atoms with E-state index in [0.717, 1.165) is 35.3 Å². The number of aromatic nitrogens is 3. The van der Waals surface area contributed by atoms with Gasteiger partial charge < -0.3 is 13.9 Å². The second-order valence-corrected chi connectivity index (χ2v) is 6.94. The summed E-state index contributed by atoms with van der Waals surface area (Å²) in [5, 5.41) is 9.18. The van der Waals surface area contributed by atoms with Gasteiger partial charge in [0.15, 0.2) is 0 Å². The number of imidazole rings is 1. The Kier molecular flexibility index (Phi) is 5.44. The van der Waals surface area contributed by atoms with Crippen LogP contribution in [0.15, 0.2) is 72.9 Å². The Labute approximate surface area is 168 Å². The van der Waals surface area contributed by atoms with E-state index in [-0.39, 0.29) is 0 Å². The van der Waals surface area contributed by atoms with Crippen molar-refractivity contribution in [1.29, 1.82) is 5.41 Å². The lowest BCUT2D eigenvalue weighted by Gasteiger charge is -2.07. The molecule has 0 fully saturated rings.